The predicted octanol–water partition coefficient (Wildman–Crippen LogP) is 2.85. The summed E-state index contributed by atoms with van der Waals surface area (Å²) >= 11 is 0. The van der Waals surface area contributed by atoms with Gasteiger partial charge in [-0.1, -0.05) is 24.3 Å². The third-order valence-corrected chi connectivity index (χ3v) is 3.44. The standard InChI is InChI=1S/C17H14N4O/c1-18-16-5-3-4-13(8-16)10-21-12-15(9-19-21)14-6-7-17(22)20(2)11-14/h3-9,11-12H,10H2,2H3. The lowest BCUT2D eigenvalue weighted by Crippen LogP contribution is -2.13. The second-order valence-electron chi connectivity index (χ2n) is 5.08. The molecule has 108 valence electrons. The first-order valence-electron chi connectivity index (χ1n) is 6.81. The Morgan fingerprint density at radius 3 is 2.82 bits per heavy atom. The highest BCUT2D eigenvalue weighted by molar-refractivity contribution is 5.60. The summed E-state index contributed by atoms with van der Waals surface area (Å²) < 4.78 is 3.37. The van der Waals surface area contributed by atoms with Crippen molar-refractivity contribution in [3.63, 3.8) is 0 Å². The number of pyridine rings is 1. The number of hydrogen-bond donors (Lipinski definition) is 0. The fourth-order valence-electron chi connectivity index (χ4n) is 2.28. The minimum absolute atomic E-state index is 0.0351. The molecule has 0 fully saturated rings. The second-order valence-corrected chi connectivity index (χ2v) is 5.08. The van der Waals surface area contributed by atoms with Crippen LogP contribution in [0.4, 0.5) is 5.69 Å². The van der Waals surface area contributed by atoms with Crippen LogP contribution in [0, 0.1) is 6.57 Å². The molecule has 0 saturated carbocycles. The van der Waals surface area contributed by atoms with Gasteiger partial charge >= 0.3 is 0 Å². The highest BCUT2D eigenvalue weighted by Gasteiger charge is 2.04. The monoisotopic (exact) mass is 290 g/mol. The van der Waals surface area contributed by atoms with E-state index in [2.05, 4.69) is 9.94 Å². The molecule has 1 aromatic carbocycles. The lowest BCUT2D eigenvalue weighted by atomic mass is 10.1. The first-order chi connectivity index (χ1) is 10.7. The van der Waals surface area contributed by atoms with Crippen molar-refractivity contribution in [2.45, 2.75) is 6.54 Å². The van der Waals surface area contributed by atoms with Gasteiger partial charge in [-0.2, -0.15) is 5.10 Å². The molecule has 0 bridgehead atoms. The first-order valence-corrected chi connectivity index (χ1v) is 6.81. The molecule has 0 aliphatic rings. The van der Waals surface area contributed by atoms with Crippen LogP contribution in [-0.4, -0.2) is 14.3 Å². The maximum atomic E-state index is 11.4. The number of nitrogens with zero attached hydrogens (tertiary/aromatic N) is 4. The molecule has 0 radical (unpaired) electrons. The minimum Gasteiger partial charge on any atom is -0.318 e. The average molecular weight is 290 g/mol. The van der Waals surface area contributed by atoms with Gasteiger partial charge in [0.15, 0.2) is 5.69 Å². The molecule has 5 heteroatoms. The predicted molar refractivity (Wildman–Crippen MR) is 84.7 cm³/mol. The van der Waals surface area contributed by atoms with Gasteiger partial charge < -0.3 is 4.57 Å². The van der Waals surface area contributed by atoms with Crippen LogP contribution < -0.4 is 5.56 Å². The van der Waals surface area contributed by atoms with Gasteiger partial charge in [0.2, 0.25) is 5.56 Å². The number of benzene rings is 1. The minimum atomic E-state index is -0.0351. The highest BCUT2D eigenvalue weighted by Crippen LogP contribution is 2.18. The Morgan fingerprint density at radius 2 is 2.05 bits per heavy atom. The van der Waals surface area contributed by atoms with Crippen LogP contribution in [0.2, 0.25) is 0 Å². The fourth-order valence-corrected chi connectivity index (χ4v) is 2.28. The Labute approximate surface area is 127 Å². The molecule has 2 heterocycles. The highest BCUT2D eigenvalue weighted by atomic mass is 16.1. The summed E-state index contributed by atoms with van der Waals surface area (Å²) in [5, 5.41) is 4.35. The number of hydrogen-bond acceptors (Lipinski definition) is 2. The van der Waals surface area contributed by atoms with Gasteiger partial charge in [0.25, 0.3) is 0 Å². The maximum Gasteiger partial charge on any atom is 0.250 e. The summed E-state index contributed by atoms with van der Waals surface area (Å²) in [6.07, 6.45) is 5.51. The van der Waals surface area contributed by atoms with E-state index in [1.807, 2.05) is 29.1 Å². The molecule has 22 heavy (non-hydrogen) atoms. The third-order valence-electron chi connectivity index (χ3n) is 3.44. The maximum absolute atomic E-state index is 11.4. The molecule has 0 amide bonds. The fraction of sp³-hybridized carbons (Fsp3) is 0.118. The van der Waals surface area contributed by atoms with E-state index in [0.29, 0.717) is 12.2 Å². The summed E-state index contributed by atoms with van der Waals surface area (Å²) in [6, 6.07) is 10.8. The molecule has 5 nitrogen and oxygen atoms in total. The van der Waals surface area contributed by atoms with Crippen LogP contribution in [0.3, 0.4) is 0 Å². The first kappa shape index (κ1) is 13.8. The van der Waals surface area contributed by atoms with Gasteiger partial charge in [0.05, 0.1) is 19.3 Å². The van der Waals surface area contributed by atoms with E-state index in [9.17, 15) is 4.79 Å². The van der Waals surface area contributed by atoms with E-state index >= 15 is 0 Å². The topological polar surface area (TPSA) is 44.2 Å². The van der Waals surface area contributed by atoms with Crippen molar-refractivity contribution in [3.05, 3.63) is 82.3 Å². The quantitative estimate of drug-likeness (QED) is 0.696. The molecule has 0 saturated heterocycles. The Hall–Kier alpha value is -3.13. The van der Waals surface area contributed by atoms with Crippen molar-refractivity contribution in [3.8, 4) is 11.1 Å². The van der Waals surface area contributed by atoms with Gasteiger partial charge in [-0.05, 0) is 11.6 Å². The molecule has 0 atom stereocenters. The summed E-state index contributed by atoms with van der Waals surface area (Å²) in [5.74, 6) is 0. The molecule has 0 N–H and O–H groups in total. The van der Waals surface area contributed by atoms with Gasteiger partial charge in [0.1, 0.15) is 0 Å². The molecule has 3 rings (SSSR count). The molecular formula is C17H14N4O. The van der Waals surface area contributed by atoms with E-state index in [1.165, 1.54) is 0 Å². The largest absolute Gasteiger partial charge is 0.318 e. The van der Waals surface area contributed by atoms with Crippen molar-refractivity contribution in [1.82, 2.24) is 14.3 Å². The average Bonchev–Trinajstić information content (AvgIpc) is 2.98. The van der Waals surface area contributed by atoms with E-state index in [1.54, 1.807) is 42.2 Å². The van der Waals surface area contributed by atoms with E-state index in [-0.39, 0.29) is 5.56 Å². The molecule has 2 aromatic heterocycles. The number of aryl methyl sites for hydroxylation is 1. The normalized spacial score (nSPS) is 10.4. The molecule has 0 aliphatic heterocycles. The lowest BCUT2D eigenvalue weighted by molar-refractivity contribution is 0.687. The summed E-state index contributed by atoms with van der Waals surface area (Å²) in [6.45, 7) is 7.65. The van der Waals surface area contributed by atoms with E-state index in [0.717, 1.165) is 16.7 Å². The smallest absolute Gasteiger partial charge is 0.250 e. The van der Waals surface area contributed by atoms with Crippen LogP contribution in [0.15, 0.2) is 59.8 Å². The van der Waals surface area contributed by atoms with Crippen molar-refractivity contribution >= 4 is 5.69 Å². The van der Waals surface area contributed by atoms with Crippen LogP contribution in [-0.2, 0) is 13.6 Å². The van der Waals surface area contributed by atoms with Gasteiger partial charge in [-0.25, -0.2) is 4.85 Å². The zero-order valence-electron chi connectivity index (χ0n) is 12.1. The Morgan fingerprint density at radius 1 is 1.18 bits per heavy atom. The van der Waals surface area contributed by atoms with E-state index < -0.39 is 0 Å². The van der Waals surface area contributed by atoms with Crippen LogP contribution in [0.25, 0.3) is 16.0 Å². The third kappa shape index (κ3) is 2.81. The lowest BCUT2D eigenvalue weighted by Gasteiger charge is -2.03. The number of aromatic nitrogens is 3. The number of rotatable bonds is 3. The molecule has 0 aliphatic carbocycles. The van der Waals surface area contributed by atoms with Crippen LogP contribution in [0.5, 0.6) is 0 Å². The molecule has 0 unspecified atom stereocenters. The van der Waals surface area contributed by atoms with Crippen LogP contribution in [0.1, 0.15) is 5.56 Å². The zero-order valence-corrected chi connectivity index (χ0v) is 12.1. The van der Waals surface area contributed by atoms with Gasteiger partial charge in [0, 0.05) is 36.6 Å². The summed E-state index contributed by atoms with van der Waals surface area (Å²) in [4.78, 5) is 14.9. The zero-order chi connectivity index (χ0) is 15.5. The molecule has 0 spiro atoms. The molecule has 3 aromatic rings. The van der Waals surface area contributed by atoms with Gasteiger partial charge in [-0.3, -0.25) is 9.48 Å². The van der Waals surface area contributed by atoms with E-state index in [4.69, 9.17) is 6.57 Å². The Balaban J connectivity index is 1.86. The second kappa shape index (κ2) is 5.70. The Kier molecular flexibility index (Phi) is 3.58. The Bertz CT molecular complexity index is 915. The van der Waals surface area contributed by atoms with Crippen LogP contribution >= 0.6 is 0 Å². The van der Waals surface area contributed by atoms with Gasteiger partial charge in [-0.15, -0.1) is 0 Å². The van der Waals surface area contributed by atoms with Crippen molar-refractivity contribution in [2.24, 2.45) is 7.05 Å². The van der Waals surface area contributed by atoms with Crippen molar-refractivity contribution in [2.75, 3.05) is 0 Å². The SMILES string of the molecule is [C-]#[N+]c1cccc(Cn2cc(-c3ccc(=O)n(C)c3)cn2)c1. The summed E-state index contributed by atoms with van der Waals surface area (Å²) in [7, 11) is 1.73. The summed E-state index contributed by atoms with van der Waals surface area (Å²) in [5.41, 5.74) is 3.53. The van der Waals surface area contributed by atoms with Crippen molar-refractivity contribution < 1.29 is 0 Å². The van der Waals surface area contributed by atoms with Crippen molar-refractivity contribution in [1.29, 1.82) is 0 Å². The molecular weight excluding hydrogens is 276 g/mol.